The van der Waals surface area contributed by atoms with Crippen molar-refractivity contribution in [2.75, 3.05) is 0 Å². The Morgan fingerprint density at radius 2 is 1.72 bits per heavy atom. The maximum atomic E-state index is 11.8. The molecule has 0 aliphatic carbocycles. The van der Waals surface area contributed by atoms with Crippen LogP contribution in [0.2, 0.25) is 0 Å². The summed E-state index contributed by atoms with van der Waals surface area (Å²) in [5.41, 5.74) is 1.90. The number of hydrogen-bond acceptors (Lipinski definition) is 2. The molecule has 0 spiro atoms. The van der Waals surface area contributed by atoms with Crippen LogP contribution in [0.5, 0.6) is 0 Å². The van der Waals surface area contributed by atoms with E-state index >= 15 is 0 Å². The van der Waals surface area contributed by atoms with Gasteiger partial charge in [-0.05, 0) is 24.3 Å². The van der Waals surface area contributed by atoms with Gasteiger partial charge >= 0.3 is 5.97 Å². The van der Waals surface area contributed by atoms with E-state index in [1.807, 2.05) is 24.3 Å². The van der Waals surface area contributed by atoms with Crippen LogP contribution in [-0.4, -0.2) is 16.9 Å². The lowest BCUT2D eigenvalue weighted by Gasteiger charge is -2.06. The summed E-state index contributed by atoms with van der Waals surface area (Å²) in [4.78, 5) is 22.1. The third-order valence-electron chi connectivity index (χ3n) is 2.71. The molecule has 98 valence electrons. The predicted molar refractivity (Wildman–Crippen MR) is 70.8 cm³/mol. The lowest BCUT2D eigenvalue weighted by Crippen LogP contribution is -2.02. The Morgan fingerprint density at radius 3 is 2.22 bits per heavy atom. The molecule has 0 aliphatic heterocycles. The van der Waals surface area contributed by atoms with Crippen molar-refractivity contribution in [1.29, 1.82) is 0 Å². The molecule has 0 saturated heterocycles. The molecule has 1 rings (SSSR count). The first kappa shape index (κ1) is 14.4. The fourth-order valence-electron chi connectivity index (χ4n) is 1.84. The van der Waals surface area contributed by atoms with Gasteiger partial charge in [-0.2, -0.15) is 0 Å². The maximum absolute atomic E-state index is 11.8. The zero-order valence-corrected chi connectivity index (χ0v) is 11.0. The summed E-state index contributed by atoms with van der Waals surface area (Å²) in [5, 5.41) is 8.51. The van der Waals surface area contributed by atoms with Crippen LogP contribution in [0.1, 0.15) is 49.0 Å². The number of rotatable bonds is 7. The van der Waals surface area contributed by atoms with E-state index < -0.39 is 5.97 Å². The van der Waals surface area contributed by atoms with Crippen molar-refractivity contribution in [3.63, 3.8) is 0 Å². The quantitative estimate of drug-likeness (QED) is 0.753. The molecule has 3 heteroatoms. The summed E-state index contributed by atoms with van der Waals surface area (Å²) in [6, 6.07) is 7.62. The molecule has 0 aromatic heterocycles. The Balaban J connectivity index is 2.51. The van der Waals surface area contributed by atoms with Crippen molar-refractivity contribution in [3.05, 3.63) is 35.4 Å². The minimum Gasteiger partial charge on any atom is -0.481 e. The minimum atomic E-state index is -0.852. The van der Waals surface area contributed by atoms with E-state index in [0.29, 0.717) is 24.3 Å². The largest absolute Gasteiger partial charge is 0.481 e. The van der Waals surface area contributed by atoms with Gasteiger partial charge in [-0.25, -0.2) is 0 Å². The number of Topliss-reactive ketones (excluding diaryl/α,β-unsaturated/α-hetero) is 1. The van der Waals surface area contributed by atoms with Crippen LogP contribution in [0.15, 0.2) is 24.3 Å². The first-order chi connectivity index (χ1) is 8.49. The van der Waals surface area contributed by atoms with Crippen molar-refractivity contribution in [2.24, 2.45) is 5.92 Å². The summed E-state index contributed by atoms with van der Waals surface area (Å²) in [5.74, 6) is -0.232. The molecule has 1 aromatic carbocycles. The fraction of sp³-hybridized carbons (Fsp3) is 0.467. The molecule has 0 atom stereocenters. The van der Waals surface area contributed by atoms with Crippen LogP contribution in [-0.2, 0) is 11.2 Å². The van der Waals surface area contributed by atoms with Gasteiger partial charge in [0.15, 0.2) is 5.78 Å². The smallest absolute Gasteiger partial charge is 0.303 e. The van der Waals surface area contributed by atoms with Gasteiger partial charge < -0.3 is 5.11 Å². The predicted octanol–water partition coefficient (Wildman–Crippen LogP) is 3.32. The average Bonchev–Trinajstić information content (AvgIpc) is 2.28. The third kappa shape index (κ3) is 5.13. The van der Waals surface area contributed by atoms with Crippen LogP contribution in [0, 0.1) is 5.92 Å². The van der Waals surface area contributed by atoms with E-state index in [4.69, 9.17) is 5.11 Å². The summed E-state index contributed by atoms with van der Waals surface area (Å²) < 4.78 is 0. The van der Waals surface area contributed by atoms with Crippen LogP contribution in [0.3, 0.4) is 0 Å². The molecule has 1 aromatic rings. The molecule has 0 unspecified atom stereocenters. The van der Waals surface area contributed by atoms with E-state index in [0.717, 1.165) is 6.42 Å². The molecule has 0 radical (unpaired) electrons. The van der Waals surface area contributed by atoms with Crippen molar-refractivity contribution >= 4 is 11.8 Å². The topological polar surface area (TPSA) is 54.4 Å². The summed E-state index contributed by atoms with van der Waals surface area (Å²) in [6.07, 6.45) is 1.77. The number of carboxylic acids is 1. The number of aliphatic carboxylic acids is 1. The second-order valence-corrected chi connectivity index (χ2v) is 4.97. The van der Waals surface area contributed by atoms with Crippen LogP contribution >= 0.6 is 0 Å². The molecule has 0 amide bonds. The Hall–Kier alpha value is -1.64. The molecule has 0 fully saturated rings. The van der Waals surface area contributed by atoms with Gasteiger partial charge in [0.05, 0.1) is 0 Å². The molecular formula is C15H20O3. The number of carboxylic acid groups (broad SMARTS) is 1. The Labute approximate surface area is 108 Å². The summed E-state index contributed by atoms with van der Waals surface area (Å²) in [6.45, 7) is 4.32. The number of hydrogen-bond donors (Lipinski definition) is 1. The van der Waals surface area contributed by atoms with Crippen LogP contribution < -0.4 is 0 Å². The molecule has 3 nitrogen and oxygen atoms in total. The average molecular weight is 248 g/mol. The highest BCUT2D eigenvalue weighted by atomic mass is 16.4. The normalized spacial score (nSPS) is 10.6. The molecule has 0 aliphatic rings. The molecular weight excluding hydrogens is 228 g/mol. The first-order valence-electron chi connectivity index (χ1n) is 6.33. The maximum Gasteiger partial charge on any atom is 0.303 e. The molecule has 18 heavy (non-hydrogen) atoms. The summed E-state index contributed by atoms with van der Waals surface area (Å²) >= 11 is 0. The number of carbonyl (C=O) groups is 2. The van der Waals surface area contributed by atoms with E-state index in [-0.39, 0.29) is 12.2 Å². The van der Waals surface area contributed by atoms with Gasteiger partial charge in [0, 0.05) is 18.4 Å². The van der Waals surface area contributed by atoms with Gasteiger partial charge in [0.25, 0.3) is 0 Å². The first-order valence-corrected chi connectivity index (χ1v) is 6.33. The van der Waals surface area contributed by atoms with Crippen molar-refractivity contribution in [3.8, 4) is 0 Å². The molecule has 0 saturated carbocycles. The van der Waals surface area contributed by atoms with Crippen molar-refractivity contribution in [2.45, 2.75) is 39.5 Å². The van der Waals surface area contributed by atoms with E-state index in [2.05, 4.69) is 13.8 Å². The van der Waals surface area contributed by atoms with Gasteiger partial charge in [-0.15, -0.1) is 0 Å². The Kier molecular flexibility index (Phi) is 5.56. The van der Waals surface area contributed by atoms with Gasteiger partial charge in [0.1, 0.15) is 0 Å². The lowest BCUT2D eigenvalue weighted by molar-refractivity contribution is -0.137. The van der Waals surface area contributed by atoms with E-state index in [1.54, 1.807) is 0 Å². The van der Waals surface area contributed by atoms with Crippen molar-refractivity contribution in [1.82, 2.24) is 0 Å². The molecule has 0 bridgehead atoms. The van der Waals surface area contributed by atoms with Crippen LogP contribution in [0.4, 0.5) is 0 Å². The van der Waals surface area contributed by atoms with Gasteiger partial charge in [-0.1, -0.05) is 38.1 Å². The van der Waals surface area contributed by atoms with E-state index in [1.165, 1.54) is 5.56 Å². The Bertz CT molecular complexity index is 404. The van der Waals surface area contributed by atoms with Crippen molar-refractivity contribution < 1.29 is 14.7 Å². The second-order valence-electron chi connectivity index (χ2n) is 4.97. The minimum absolute atomic E-state index is 0.0207. The number of benzene rings is 1. The highest BCUT2D eigenvalue weighted by molar-refractivity contribution is 5.96. The number of ketones is 1. The SMILES string of the molecule is CC(C)Cc1ccc(C(=O)CCCC(=O)O)cc1. The fourth-order valence-corrected chi connectivity index (χ4v) is 1.84. The standard InChI is InChI=1S/C15H20O3/c1-11(2)10-12-6-8-13(9-7-12)14(16)4-3-5-15(17)18/h6-9,11H,3-5,10H2,1-2H3,(H,17,18). The van der Waals surface area contributed by atoms with Crippen LogP contribution in [0.25, 0.3) is 0 Å². The molecule has 0 heterocycles. The second kappa shape index (κ2) is 6.94. The van der Waals surface area contributed by atoms with Gasteiger partial charge in [0.2, 0.25) is 0 Å². The monoisotopic (exact) mass is 248 g/mol. The highest BCUT2D eigenvalue weighted by Gasteiger charge is 2.07. The summed E-state index contributed by atoms with van der Waals surface area (Å²) in [7, 11) is 0. The lowest BCUT2D eigenvalue weighted by atomic mass is 9.99. The zero-order valence-electron chi connectivity index (χ0n) is 11.0. The van der Waals surface area contributed by atoms with Gasteiger partial charge in [-0.3, -0.25) is 9.59 Å². The Morgan fingerprint density at radius 1 is 1.11 bits per heavy atom. The van der Waals surface area contributed by atoms with E-state index in [9.17, 15) is 9.59 Å². The zero-order chi connectivity index (χ0) is 13.5. The molecule has 1 N–H and O–H groups in total. The third-order valence-corrected chi connectivity index (χ3v) is 2.71. The number of carbonyl (C=O) groups excluding carboxylic acids is 1. The highest BCUT2D eigenvalue weighted by Crippen LogP contribution is 2.12.